The fraction of sp³-hybridized carbons (Fsp3) is 0.381. The fourth-order valence-electron chi connectivity index (χ4n) is 3.27. The number of rotatable bonds is 6. The van der Waals surface area contributed by atoms with Gasteiger partial charge in [0.2, 0.25) is 0 Å². The first-order valence-electron chi connectivity index (χ1n) is 9.34. The van der Waals surface area contributed by atoms with Gasteiger partial charge in [-0.3, -0.25) is 0 Å². The van der Waals surface area contributed by atoms with Gasteiger partial charge >= 0.3 is 0 Å². The van der Waals surface area contributed by atoms with Crippen molar-refractivity contribution in [3.8, 4) is 11.5 Å². The summed E-state index contributed by atoms with van der Waals surface area (Å²) in [7, 11) is 3.37. The molecule has 0 atom stereocenters. The van der Waals surface area contributed by atoms with Gasteiger partial charge in [0.05, 0.1) is 46.9 Å². The number of methoxy groups -OCH3 is 2. The molecular weight excluding hydrogens is 358 g/mol. The Bertz CT molecular complexity index is 726. The molecule has 1 saturated heterocycles. The quantitative estimate of drug-likeness (QED) is 0.742. The second kappa shape index (κ2) is 9.58. The molecule has 6 heteroatoms. The third-order valence-electron chi connectivity index (χ3n) is 5.03. The van der Waals surface area contributed by atoms with Gasteiger partial charge in [0.15, 0.2) is 5.11 Å². The van der Waals surface area contributed by atoms with Crippen LogP contribution in [0.1, 0.15) is 5.56 Å². The van der Waals surface area contributed by atoms with E-state index in [2.05, 4.69) is 22.3 Å². The number of hydrogen-bond donors (Lipinski definition) is 2. The minimum Gasteiger partial charge on any atom is -0.497 e. The van der Waals surface area contributed by atoms with E-state index in [4.69, 9.17) is 21.7 Å². The summed E-state index contributed by atoms with van der Waals surface area (Å²) in [6.45, 7) is 5.35. The smallest absolute Gasteiger partial charge is 0.173 e. The van der Waals surface area contributed by atoms with Crippen LogP contribution >= 0.6 is 12.2 Å². The lowest BCUT2D eigenvalue weighted by Gasteiger charge is -2.34. The number of benzene rings is 2. The highest BCUT2D eigenvalue weighted by atomic mass is 32.1. The van der Waals surface area contributed by atoms with Crippen LogP contribution in [0.15, 0.2) is 48.5 Å². The Balaban J connectivity index is 1.41. The molecule has 0 saturated carbocycles. The van der Waals surface area contributed by atoms with E-state index < -0.39 is 0 Å². The molecule has 0 bridgehead atoms. The molecule has 1 aliphatic heterocycles. The first-order valence-corrected chi connectivity index (χ1v) is 9.75. The Labute approximate surface area is 166 Å². The molecule has 0 spiro atoms. The average molecular weight is 387 g/mol. The van der Waals surface area contributed by atoms with Gasteiger partial charge in [-0.15, -0.1) is 0 Å². The predicted molar refractivity (Wildman–Crippen MR) is 113 cm³/mol. The summed E-state index contributed by atoms with van der Waals surface area (Å²) >= 11 is 5.58. The standard InChI is InChI=1S/C21H27N3O2S/c1-25-19-7-3-17(4-8-19)11-12-23-13-15-24(16-14-23)21(27)22-18-5-9-20(26-2)10-6-18/h3-10H,11-16H2,1-2H3,(H,22,27)/p+1. The van der Waals surface area contributed by atoms with E-state index in [1.165, 1.54) is 5.56 Å². The second-order valence-corrected chi connectivity index (χ2v) is 7.13. The molecule has 0 amide bonds. The van der Waals surface area contributed by atoms with Crippen LogP contribution in [0.2, 0.25) is 0 Å². The van der Waals surface area contributed by atoms with Gasteiger partial charge in [-0.2, -0.15) is 0 Å². The van der Waals surface area contributed by atoms with Crippen molar-refractivity contribution >= 4 is 23.0 Å². The van der Waals surface area contributed by atoms with Crippen molar-refractivity contribution in [2.45, 2.75) is 6.42 Å². The molecule has 27 heavy (non-hydrogen) atoms. The zero-order valence-corrected chi connectivity index (χ0v) is 16.8. The molecule has 1 heterocycles. The Kier molecular flexibility index (Phi) is 6.90. The number of piperazine rings is 1. The summed E-state index contributed by atoms with van der Waals surface area (Å²) < 4.78 is 10.4. The van der Waals surface area contributed by atoms with Gasteiger partial charge in [-0.05, 0) is 54.2 Å². The Hall–Kier alpha value is -2.31. The molecule has 1 fully saturated rings. The summed E-state index contributed by atoms with van der Waals surface area (Å²) in [4.78, 5) is 3.89. The lowest BCUT2D eigenvalue weighted by molar-refractivity contribution is -0.903. The van der Waals surface area contributed by atoms with Gasteiger partial charge in [0.25, 0.3) is 0 Å². The van der Waals surface area contributed by atoms with Crippen molar-refractivity contribution in [1.82, 2.24) is 4.90 Å². The lowest BCUT2D eigenvalue weighted by atomic mass is 10.1. The summed E-state index contributed by atoms with van der Waals surface area (Å²) in [5.74, 6) is 1.76. The number of thiocarbonyl (C=S) groups is 1. The number of quaternary nitrogens is 1. The minimum absolute atomic E-state index is 0.800. The Morgan fingerprint density at radius 1 is 0.963 bits per heavy atom. The van der Waals surface area contributed by atoms with Gasteiger partial charge in [-0.25, -0.2) is 0 Å². The maximum absolute atomic E-state index is 5.58. The van der Waals surface area contributed by atoms with Gasteiger partial charge in [0, 0.05) is 12.1 Å². The highest BCUT2D eigenvalue weighted by Crippen LogP contribution is 2.15. The predicted octanol–water partition coefficient (Wildman–Crippen LogP) is 1.84. The first-order chi connectivity index (χ1) is 13.2. The van der Waals surface area contributed by atoms with Crippen LogP contribution in [0.5, 0.6) is 11.5 Å². The first kappa shape index (κ1) is 19.5. The van der Waals surface area contributed by atoms with Gasteiger partial charge in [-0.1, -0.05) is 12.1 Å². The largest absolute Gasteiger partial charge is 0.497 e. The molecule has 0 radical (unpaired) electrons. The molecule has 0 unspecified atom stereocenters. The molecule has 0 aromatic heterocycles. The highest BCUT2D eigenvalue weighted by Gasteiger charge is 2.21. The summed E-state index contributed by atoms with van der Waals surface area (Å²) in [6.07, 6.45) is 1.09. The van der Waals surface area contributed by atoms with Gasteiger partial charge < -0.3 is 24.6 Å². The second-order valence-electron chi connectivity index (χ2n) is 6.74. The maximum Gasteiger partial charge on any atom is 0.173 e. The fourth-order valence-corrected chi connectivity index (χ4v) is 3.57. The monoisotopic (exact) mass is 386 g/mol. The van der Waals surface area contributed by atoms with Crippen LogP contribution in [0.25, 0.3) is 0 Å². The van der Waals surface area contributed by atoms with Crippen molar-refractivity contribution in [3.63, 3.8) is 0 Å². The van der Waals surface area contributed by atoms with E-state index in [0.29, 0.717) is 0 Å². The van der Waals surface area contributed by atoms with E-state index in [1.54, 1.807) is 19.1 Å². The minimum atomic E-state index is 0.800. The van der Waals surface area contributed by atoms with E-state index in [0.717, 1.165) is 61.4 Å². The zero-order chi connectivity index (χ0) is 19.1. The summed E-state index contributed by atoms with van der Waals surface area (Å²) in [5, 5.41) is 4.13. The average Bonchev–Trinajstić information content (AvgIpc) is 2.73. The Morgan fingerprint density at radius 3 is 2.07 bits per heavy atom. The molecule has 1 aliphatic rings. The highest BCUT2D eigenvalue weighted by molar-refractivity contribution is 7.80. The molecule has 3 rings (SSSR count). The van der Waals surface area contributed by atoms with E-state index in [9.17, 15) is 0 Å². The van der Waals surface area contributed by atoms with Crippen LogP contribution in [0.3, 0.4) is 0 Å². The number of nitrogens with zero attached hydrogens (tertiary/aromatic N) is 1. The molecule has 5 nitrogen and oxygen atoms in total. The summed E-state index contributed by atoms with van der Waals surface area (Å²) in [6, 6.07) is 16.2. The Morgan fingerprint density at radius 2 is 1.52 bits per heavy atom. The normalized spacial score (nSPS) is 14.7. The van der Waals surface area contributed by atoms with Crippen LogP contribution in [0, 0.1) is 0 Å². The SMILES string of the molecule is COc1ccc(CC[NH+]2CCN(C(=S)Nc3ccc(OC)cc3)CC2)cc1. The molecule has 2 aromatic rings. The number of anilines is 1. The van der Waals surface area contributed by atoms with Crippen LogP contribution in [0.4, 0.5) is 5.69 Å². The molecular formula is C21H28N3O2S+. The van der Waals surface area contributed by atoms with E-state index in [-0.39, 0.29) is 0 Å². The zero-order valence-electron chi connectivity index (χ0n) is 16.0. The van der Waals surface area contributed by atoms with E-state index in [1.807, 2.05) is 36.4 Å². The molecule has 0 aliphatic carbocycles. The topological polar surface area (TPSA) is 38.2 Å². The number of nitrogens with one attached hydrogen (secondary N) is 2. The third-order valence-corrected chi connectivity index (χ3v) is 5.39. The maximum atomic E-state index is 5.58. The third kappa shape index (κ3) is 5.58. The van der Waals surface area contributed by atoms with Gasteiger partial charge in [0.1, 0.15) is 11.5 Å². The molecule has 2 N–H and O–H groups in total. The van der Waals surface area contributed by atoms with Crippen molar-refractivity contribution < 1.29 is 14.4 Å². The number of hydrogen-bond acceptors (Lipinski definition) is 3. The van der Waals surface area contributed by atoms with Crippen molar-refractivity contribution in [3.05, 3.63) is 54.1 Å². The van der Waals surface area contributed by atoms with Crippen molar-refractivity contribution in [1.29, 1.82) is 0 Å². The van der Waals surface area contributed by atoms with Crippen LogP contribution in [-0.4, -0.2) is 57.0 Å². The van der Waals surface area contributed by atoms with E-state index >= 15 is 0 Å². The van der Waals surface area contributed by atoms with Crippen LogP contribution < -0.4 is 19.7 Å². The van der Waals surface area contributed by atoms with Crippen LogP contribution in [-0.2, 0) is 6.42 Å². The molecule has 144 valence electrons. The van der Waals surface area contributed by atoms with Crippen molar-refractivity contribution in [2.75, 3.05) is 52.3 Å². The van der Waals surface area contributed by atoms with Crippen molar-refractivity contribution in [2.24, 2.45) is 0 Å². The number of ether oxygens (including phenoxy) is 2. The lowest BCUT2D eigenvalue weighted by Crippen LogP contribution is -3.15. The molecule has 2 aromatic carbocycles. The summed E-state index contributed by atoms with van der Waals surface area (Å²) in [5.41, 5.74) is 2.36.